The molecule has 2 heterocycles. The van der Waals surface area contributed by atoms with Crippen molar-refractivity contribution in [1.82, 2.24) is 9.88 Å². The second-order valence-electron chi connectivity index (χ2n) is 7.13. The van der Waals surface area contributed by atoms with Gasteiger partial charge < -0.3 is 9.64 Å². The molecule has 2 aromatic carbocycles. The summed E-state index contributed by atoms with van der Waals surface area (Å²) in [5.41, 5.74) is 3.35. The predicted molar refractivity (Wildman–Crippen MR) is 110 cm³/mol. The van der Waals surface area contributed by atoms with Crippen molar-refractivity contribution in [2.45, 2.75) is 25.4 Å². The van der Waals surface area contributed by atoms with Crippen molar-refractivity contribution in [2.75, 3.05) is 13.1 Å². The maximum atomic E-state index is 12.5. The van der Waals surface area contributed by atoms with Crippen molar-refractivity contribution in [3.05, 3.63) is 84.7 Å². The molecule has 0 atom stereocenters. The highest BCUT2D eigenvalue weighted by atomic mass is 16.5. The van der Waals surface area contributed by atoms with Crippen LogP contribution in [-0.4, -0.2) is 35.0 Å². The van der Waals surface area contributed by atoms with Gasteiger partial charge in [0.05, 0.1) is 6.42 Å². The van der Waals surface area contributed by atoms with Crippen LogP contribution < -0.4 is 4.74 Å². The van der Waals surface area contributed by atoms with Crippen molar-refractivity contribution in [1.29, 1.82) is 0 Å². The first kappa shape index (κ1) is 18.2. The van der Waals surface area contributed by atoms with E-state index in [2.05, 4.69) is 29.2 Å². The lowest BCUT2D eigenvalue weighted by atomic mass is 10.1. The Hall–Kier alpha value is -3.14. The Labute approximate surface area is 165 Å². The van der Waals surface area contributed by atoms with Crippen LogP contribution in [-0.2, 0) is 11.2 Å². The number of rotatable bonds is 5. The van der Waals surface area contributed by atoms with Crippen molar-refractivity contribution in [2.24, 2.45) is 0 Å². The van der Waals surface area contributed by atoms with Crippen molar-refractivity contribution in [3.63, 3.8) is 0 Å². The molecule has 1 fully saturated rings. The van der Waals surface area contributed by atoms with Crippen LogP contribution in [0.25, 0.3) is 11.1 Å². The number of hydrogen-bond acceptors (Lipinski definition) is 3. The lowest BCUT2D eigenvalue weighted by molar-refractivity contribution is -0.132. The average Bonchev–Trinajstić information content (AvgIpc) is 2.76. The highest BCUT2D eigenvalue weighted by Crippen LogP contribution is 2.24. The monoisotopic (exact) mass is 372 g/mol. The van der Waals surface area contributed by atoms with E-state index in [-0.39, 0.29) is 12.0 Å². The second-order valence-corrected chi connectivity index (χ2v) is 7.13. The Bertz CT molecular complexity index is 887. The topological polar surface area (TPSA) is 42.4 Å². The molecule has 0 N–H and O–H groups in total. The molecule has 142 valence electrons. The zero-order chi connectivity index (χ0) is 19.2. The number of aromatic nitrogens is 1. The normalized spacial score (nSPS) is 14.6. The fourth-order valence-corrected chi connectivity index (χ4v) is 3.56. The first-order chi connectivity index (χ1) is 13.8. The number of carbonyl (C=O) groups is 1. The van der Waals surface area contributed by atoms with Crippen molar-refractivity contribution < 1.29 is 9.53 Å². The molecule has 0 aliphatic carbocycles. The van der Waals surface area contributed by atoms with Gasteiger partial charge in [0.2, 0.25) is 5.91 Å². The minimum Gasteiger partial charge on any atom is -0.490 e. The third-order valence-corrected chi connectivity index (χ3v) is 5.14. The Balaban J connectivity index is 1.28. The average molecular weight is 372 g/mol. The van der Waals surface area contributed by atoms with E-state index in [4.69, 9.17) is 4.74 Å². The molecule has 0 spiro atoms. The molecule has 3 aromatic rings. The van der Waals surface area contributed by atoms with Gasteiger partial charge in [-0.25, -0.2) is 0 Å². The van der Waals surface area contributed by atoms with E-state index in [0.29, 0.717) is 6.42 Å². The van der Waals surface area contributed by atoms with Crippen molar-refractivity contribution >= 4 is 5.91 Å². The Kier molecular flexibility index (Phi) is 5.66. The molecule has 0 bridgehead atoms. The highest BCUT2D eigenvalue weighted by Gasteiger charge is 2.24. The zero-order valence-electron chi connectivity index (χ0n) is 15.8. The third-order valence-electron chi connectivity index (χ3n) is 5.14. The molecular formula is C24H24N2O2. The quantitative estimate of drug-likeness (QED) is 0.668. The molecule has 4 rings (SSSR count). The molecule has 0 saturated carbocycles. The molecule has 1 aliphatic rings. The maximum absolute atomic E-state index is 12.5. The summed E-state index contributed by atoms with van der Waals surface area (Å²) >= 11 is 0. The van der Waals surface area contributed by atoms with Crippen LogP contribution in [0.4, 0.5) is 0 Å². The van der Waals surface area contributed by atoms with Gasteiger partial charge in [0, 0.05) is 38.3 Å². The maximum Gasteiger partial charge on any atom is 0.227 e. The number of pyridine rings is 1. The Morgan fingerprint density at radius 1 is 0.929 bits per heavy atom. The number of hydrogen-bond donors (Lipinski definition) is 0. The minimum absolute atomic E-state index is 0.157. The lowest BCUT2D eigenvalue weighted by Crippen LogP contribution is -2.42. The molecule has 28 heavy (non-hydrogen) atoms. The number of likely N-dealkylation sites (tertiary alicyclic amines) is 1. The van der Waals surface area contributed by atoms with Crippen LogP contribution in [0, 0.1) is 0 Å². The minimum atomic E-state index is 0.157. The van der Waals surface area contributed by atoms with Crippen LogP contribution in [0.1, 0.15) is 18.4 Å². The summed E-state index contributed by atoms with van der Waals surface area (Å²) < 4.78 is 6.14. The van der Waals surface area contributed by atoms with Crippen LogP contribution in [0.5, 0.6) is 5.75 Å². The van der Waals surface area contributed by atoms with Crippen LogP contribution in [0.2, 0.25) is 0 Å². The first-order valence-electron chi connectivity index (χ1n) is 9.77. The summed E-state index contributed by atoms with van der Waals surface area (Å²) in [7, 11) is 0. The fraction of sp³-hybridized carbons (Fsp3) is 0.250. The molecule has 0 radical (unpaired) electrons. The van der Waals surface area contributed by atoms with Gasteiger partial charge in [-0.05, 0) is 34.9 Å². The van der Waals surface area contributed by atoms with Gasteiger partial charge in [0.25, 0.3) is 0 Å². The highest BCUT2D eigenvalue weighted by molar-refractivity contribution is 5.78. The number of amides is 1. The van der Waals surface area contributed by atoms with Crippen LogP contribution >= 0.6 is 0 Å². The van der Waals surface area contributed by atoms with E-state index in [1.807, 2.05) is 47.4 Å². The van der Waals surface area contributed by atoms with Crippen LogP contribution in [0.15, 0.2) is 79.1 Å². The standard InChI is InChI=1S/C24H24N2O2/c27-24(17-19-5-4-14-25-18-19)26-15-12-23(13-16-26)28-22-10-8-21(9-11-22)20-6-2-1-3-7-20/h1-11,14,18,23H,12-13,15-17H2. The smallest absolute Gasteiger partial charge is 0.227 e. The molecule has 0 unspecified atom stereocenters. The summed E-state index contributed by atoms with van der Waals surface area (Å²) in [5, 5.41) is 0. The van der Waals surface area contributed by atoms with Gasteiger partial charge in [-0.1, -0.05) is 48.5 Å². The first-order valence-corrected chi connectivity index (χ1v) is 9.77. The number of nitrogens with zero attached hydrogens (tertiary/aromatic N) is 2. The van der Waals surface area contributed by atoms with Gasteiger partial charge in [0.1, 0.15) is 11.9 Å². The van der Waals surface area contributed by atoms with Gasteiger partial charge in [0.15, 0.2) is 0 Å². The fourth-order valence-electron chi connectivity index (χ4n) is 3.56. The number of piperidine rings is 1. The molecule has 4 nitrogen and oxygen atoms in total. The summed E-state index contributed by atoms with van der Waals surface area (Å²) in [6.07, 6.45) is 5.78. The van der Waals surface area contributed by atoms with E-state index in [0.717, 1.165) is 37.2 Å². The lowest BCUT2D eigenvalue weighted by Gasteiger charge is -2.32. The molecule has 4 heteroatoms. The van der Waals surface area contributed by atoms with Gasteiger partial charge in [-0.2, -0.15) is 0 Å². The number of ether oxygens (including phenoxy) is 1. The van der Waals surface area contributed by atoms with Crippen molar-refractivity contribution in [3.8, 4) is 16.9 Å². The van der Waals surface area contributed by atoms with E-state index in [1.54, 1.807) is 12.4 Å². The summed E-state index contributed by atoms with van der Waals surface area (Å²) in [5.74, 6) is 1.05. The molecule has 1 amide bonds. The molecule has 1 aliphatic heterocycles. The van der Waals surface area contributed by atoms with E-state index >= 15 is 0 Å². The Morgan fingerprint density at radius 2 is 1.64 bits per heavy atom. The van der Waals surface area contributed by atoms with Gasteiger partial charge >= 0.3 is 0 Å². The third kappa shape index (κ3) is 4.58. The largest absolute Gasteiger partial charge is 0.490 e. The van der Waals surface area contributed by atoms with E-state index in [1.165, 1.54) is 11.1 Å². The van der Waals surface area contributed by atoms with Crippen LogP contribution in [0.3, 0.4) is 0 Å². The van der Waals surface area contributed by atoms with E-state index in [9.17, 15) is 4.79 Å². The predicted octanol–water partition coefficient (Wildman–Crippen LogP) is 4.36. The second kappa shape index (κ2) is 8.70. The summed E-state index contributed by atoms with van der Waals surface area (Å²) in [4.78, 5) is 18.5. The van der Waals surface area contributed by atoms with E-state index < -0.39 is 0 Å². The summed E-state index contributed by atoms with van der Waals surface area (Å²) in [6, 6.07) is 22.4. The molecule has 1 saturated heterocycles. The summed E-state index contributed by atoms with van der Waals surface area (Å²) in [6.45, 7) is 1.48. The molecular weight excluding hydrogens is 348 g/mol. The SMILES string of the molecule is O=C(Cc1cccnc1)N1CCC(Oc2ccc(-c3ccccc3)cc2)CC1. The van der Waals surface area contributed by atoms with Gasteiger partial charge in [-0.15, -0.1) is 0 Å². The number of benzene rings is 2. The molecule has 1 aromatic heterocycles. The zero-order valence-corrected chi connectivity index (χ0v) is 15.8. The number of carbonyl (C=O) groups excluding carboxylic acids is 1. The van der Waals surface area contributed by atoms with Gasteiger partial charge in [-0.3, -0.25) is 9.78 Å². The Morgan fingerprint density at radius 3 is 2.32 bits per heavy atom.